The highest BCUT2D eigenvalue weighted by Gasteiger charge is 2.20. The van der Waals surface area contributed by atoms with E-state index < -0.39 is 5.91 Å². The highest BCUT2D eigenvalue weighted by molar-refractivity contribution is 6.07. The minimum absolute atomic E-state index is 0.0274. The number of hydrogen-bond acceptors (Lipinski definition) is 8. The van der Waals surface area contributed by atoms with E-state index in [1.54, 1.807) is 43.5 Å². The predicted octanol–water partition coefficient (Wildman–Crippen LogP) is 1.80. The number of ether oxygens (including phenoxy) is 2. The fourth-order valence-corrected chi connectivity index (χ4v) is 3.75. The zero-order chi connectivity index (χ0) is 25.1. The van der Waals surface area contributed by atoms with Crippen molar-refractivity contribution in [1.29, 1.82) is 0 Å². The second kappa shape index (κ2) is 9.70. The van der Waals surface area contributed by atoms with Gasteiger partial charge in [-0.3, -0.25) is 19.5 Å². The normalized spacial score (nSPS) is 12.3. The lowest BCUT2D eigenvalue weighted by atomic mass is 10.1. The van der Waals surface area contributed by atoms with Gasteiger partial charge in [0.15, 0.2) is 18.1 Å². The molecule has 36 heavy (non-hydrogen) atoms. The van der Waals surface area contributed by atoms with Gasteiger partial charge in [-0.2, -0.15) is 5.10 Å². The topological polar surface area (TPSA) is 160 Å². The number of carbonyl (C=O) groups excluding carboxylic acids is 3. The Bertz CT molecular complexity index is 1480. The summed E-state index contributed by atoms with van der Waals surface area (Å²) in [6.07, 6.45) is 1.34. The first-order valence-corrected chi connectivity index (χ1v) is 11.0. The molecule has 0 atom stereocenters. The standard InChI is InChI=1S/C24H21N7O5/c1-35-15-4-2-3-13(7-15)9-18(32)29-23-21-20(30-31-23)22(27-12-26-21)24(34)25-10-14-5-6-17-16(8-14)28-19(33)11-36-17/h2-8,12H,9-11H2,1H3,(H,25,34)(H,28,33)(H2,29,30,31,32). The second-order valence-corrected chi connectivity index (χ2v) is 7.94. The molecule has 4 aromatic rings. The SMILES string of the molecule is COc1cccc(CC(=O)Nc2n[nH]c3c(C(=O)NCc4ccc5c(c4)NC(=O)CO5)ncnc23)c1. The van der Waals surface area contributed by atoms with Crippen molar-refractivity contribution in [3.8, 4) is 11.5 Å². The summed E-state index contributed by atoms with van der Waals surface area (Å²) in [4.78, 5) is 45.2. The number of nitrogens with one attached hydrogen (secondary N) is 4. The Morgan fingerprint density at radius 3 is 2.89 bits per heavy atom. The van der Waals surface area contributed by atoms with Crippen LogP contribution in [0, 0.1) is 0 Å². The van der Waals surface area contributed by atoms with Crippen molar-refractivity contribution < 1.29 is 23.9 Å². The molecule has 3 amide bonds. The Labute approximate surface area is 204 Å². The predicted molar refractivity (Wildman–Crippen MR) is 129 cm³/mol. The van der Waals surface area contributed by atoms with Gasteiger partial charge in [-0.05, 0) is 35.4 Å². The van der Waals surface area contributed by atoms with Gasteiger partial charge in [-0.1, -0.05) is 18.2 Å². The molecule has 0 unspecified atom stereocenters. The number of fused-ring (bicyclic) bond motifs is 2. The third-order valence-corrected chi connectivity index (χ3v) is 5.45. The van der Waals surface area contributed by atoms with Crippen LogP contribution in [0.25, 0.3) is 11.0 Å². The third kappa shape index (κ3) is 4.78. The summed E-state index contributed by atoms with van der Waals surface area (Å²) in [6.45, 7) is 0.159. The summed E-state index contributed by atoms with van der Waals surface area (Å²) in [5.41, 5.74) is 2.75. The van der Waals surface area contributed by atoms with Gasteiger partial charge in [-0.15, -0.1) is 0 Å². The summed E-state index contributed by atoms with van der Waals surface area (Å²) in [5.74, 6) is 0.420. The monoisotopic (exact) mass is 487 g/mol. The minimum atomic E-state index is -0.460. The molecule has 0 aliphatic carbocycles. The number of H-pyrrole nitrogens is 1. The largest absolute Gasteiger partial charge is 0.497 e. The smallest absolute Gasteiger partial charge is 0.272 e. The lowest BCUT2D eigenvalue weighted by molar-refractivity contribution is -0.118. The summed E-state index contributed by atoms with van der Waals surface area (Å²) >= 11 is 0. The first-order valence-electron chi connectivity index (χ1n) is 11.0. The van der Waals surface area contributed by atoms with E-state index in [9.17, 15) is 14.4 Å². The zero-order valence-corrected chi connectivity index (χ0v) is 19.1. The van der Waals surface area contributed by atoms with Crippen molar-refractivity contribution >= 4 is 40.3 Å². The van der Waals surface area contributed by atoms with Gasteiger partial charge in [0.05, 0.1) is 19.2 Å². The number of nitrogens with zero attached hydrogens (tertiary/aromatic N) is 3. The van der Waals surface area contributed by atoms with Gasteiger partial charge in [0.2, 0.25) is 5.91 Å². The molecule has 12 heteroatoms. The summed E-state index contributed by atoms with van der Waals surface area (Å²) in [6, 6.07) is 12.4. The van der Waals surface area contributed by atoms with Gasteiger partial charge < -0.3 is 25.4 Å². The van der Waals surface area contributed by atoms with Gasteiger partial charge in [-0.25, -0.2) is 9.97 Å². The fourth-order valence-electron chi connectivity index (χ4n) is 3.75. The van der Waals surface area contributed by atoms with Crippen LogP contribution in [0.3, 0.4) is 0 Å². The molecule has 4 N–H and O–H groups in total. The van der Waals surface area contributed by atoms with E-state index in [4.69, 9.17) is 9.47 Å². The molecule has 0 saturated carbocycles. The number of amides is 3. The van der Waals surface area contributed by atoms with E-state index in [1.165, 1.54) is 6.33 Å². The summed E-state index contributed by atoms with van der Waals surface area (Å²) in [5, 5.41) is 15.1. The third-order valence-electron chi connectivity index (χ3n) is 5.45. The van der Waals surface area contributed by atoms with Crippen LogP contribution in [0.1, 0.15) is 21.6 Å². The number of aromatic nitrogens is 4. The number of carbonyl (C=O) groups is 3. The van der Waals surface area contributed by atoms with Crippen molar-refractivity contribution in [2.24, 2.45) is 0 Å². The van der Waals surface area contributed by atoms with Crippen LogP contribution >= 0.6 is 0 Å². The van der Waals surface area contributed by atoms with Crippen LogP contribution < -0.4 is 25.4 Å². The molecule has 0 fully saturated rings. The minimum Gasteiger partial charge on any atom is -0.497 e. The average Bonchev–Trinajstić information content (AvgIpc) is 3.29. The molecular weight excluding hydrogens is 466 g/mol. The van der Waals surface area contributed by atoms with Crippen molar-refractivity contribution in [3.63, 3.8) is 0 Å². The van der Waals surface area contributed by atoms with Crippen LogP contribution in [0.4, 0.5) is 11.5 Å². The van der Waals surface area contributed by atoms with Crippen LogP contribution in [-0.4, -0.2) is 51.6 Å². The lowest BCUT2D eigenvalue weighted by Crippen LogP contribution is -2.26. The van der Waals surface area contributed by atoms with Crippen LogP contribution in [0.15, 0.2) is 48.8 Å². The van der Waals surface area contributed by atoms with Gasteiger partial charge in [0.25, 0.3) is 11.8 Å². The molecule has 182 valence electrons. The maximum atomic E-state index is 12.9. The Hall–Kier alpha value is -5.00. The number of methoxy groups -OCH3 is 1. The van der Waals surface area contributed by atoms with E-state index in [0.717, 1.165) is 11.1 Å². The zero-order valence-electron chi connectivity index (χ0n) is 19.1. The summed E-state index contributed by atoms with van der Waals surface area (Å²) < 4.78 is 10.5. The van der Waals surface area contributed by atoms with E-state index in [-0.39, 0.29) is 48.4 Å². The molecule has 0 bridgehead atoms. The molecular formula is C24H21N7O5. The van der Waals surface area contributed by atoms with Crippen molar-refractivity contribution in [1.82, 2.24) is 25.5 Å². The molecule has 0 spiro atoms. The maximum absolute atomic E-state index is 12.9. The van der Waals surface area contributed by atoms with Crippen LogP contribution in [0.2, 0.25) is 0 Å². The molecule has 2 aromatic heterocycles. The fraction of sp³-hybridized carbons (Fsp3) is 0.167. The van der Waals surface area contributed by atoms with E-state index in [0.29, 0.717) is 22.7 Å². The second-order valence-electron chi connectivity index (χ2n) is 7.94. The first-order chi connectivity index (χ1) is 17.5. The maximum Gasteiger partial charge on any atom is 0.272 e. The number of benzene rings is 2. The number of rotatable bonds is 7. The molecule has 12 nitrogen and oxygen atoms in total. The van der Waals surface area contributed by atoms with Gasteiger partial charge in [0, 0.05) is 6.54 Å². The molecule has 0 saturated heterocycles. The van der Waals surface area contributed by atoms with Crippen LogP contribution in [-0.2, 0) is 22.6 Å². The quantitative estimate of drug-likeness (QED) is 0.307. The van der Waals surface area contributed by atoms with Crippen molar-refractivity contribution in [2.75, 3.05) is 24.4 Å². The number of aromatic amines is 1. The molecule has 0 radical (unpaired) electrons. The Kier molecular flexibility index (Phi) is 6.14. The Balaban J connectivity index is 1.27. The van der Waals surface area contributed by atoms with Crippen LogP contribution in [0.5, 0.6) is 11.5 Å². The van der Waals surface area contributed by atoms with Crippen molar-refractivity contribution in [2.45, 2.75) is 13.0 Å². The van der Waals surface area contributed by atoms with E-state index >= 15 is 0 Å². The van der Waals surface area contributed by atoms with Gasteiger partial charge >= 0.3 is 0 Å². The lowest BCUT2D eigenvalue weighted by Gasteiger charge is -2.18. The van der Waals surface area contributed by atoms with E-state index in [2.05, 4.69) is 36.1 Å². The Morgan fingerprint density at radius 2 is 2.03 bits per heavy atom. The number of hydrogen-bond donors (Lipinski definition) is 4. The van der Waals surface area contributed by atoms with Gasteiger partial charge in [0.1, 0.15) is 28.9 Å². The molecule has 3 heterocycles. The molecule has 2 aromatic carbocycles. The molecule has 5 rings (SSSR count). The highest BCUT2D eigenvalue weighted by Crippen LogP contribution is 2.28. The van der Waals surface area contributed by atoms with Crippen molar-refractivity contribution in [3.05, 3.63) is 65.6 Å². The Morgan fingerprint density at radius 1 is 1.14 bits per heavy atom. The highest BCUT2D eigenvalue weighted by atomic mass is 16.5. The summed E-state index contributed by atoms with van der Waals surface area (Å²) in [7, 11) is 1.56. The number of anilines is 2. The first kappa shape index (κ1) is 22.8. The molecule has 1 aliphatic rings. The molecule has 1 aliphatic heterocycles. The average molecular weight is 487 g/mol. The van der Waals surface area contributed by atoms with E-state index in [1.807, 2.05) is 6.07 Å².